The van der Waals surface area contributed by atoms with Crippen LogP contribution in [0, 0.1) is 20.8 Å². The number of para-hydroxylation sites is 1. The first kappa shape index (κ1) is 12.8. The molecule has 0 atom stereocenters. The van der Waals surface area contributed by atoms with Crippen LogP contribution in [0.4, 0.5) is 5.69 Å². The molecule has 20 heavy (non-hydrogen) atoms. The van der Waals surface area contributed by atoms with Crippen molar-refractivity contribution in [3.8, 4) is 0 Å². The van der Waals surface area contributed by atoms with E-state index in [9.17, 15) is 0 Å². The summed E-state index contributed by atoms with van der Waals surface area (Å²) in [6.07, 6.45) is 2.12. The number of hydrogen-bond acceptors (Lipinski definition) is 1. The van der Waals surface area contributed by atoms with E-state index in [1.165, 1.54) is 27.6 Å². The van der Waals surface area contributed by atoms with E-state index >= 15 is 0 Å². The Morgan fingerprint density at radius 2 is 1.70 bits per heavy atom. The highest BCUT2D eigenvalue weighted by Gasteiger charge is 2.08. The Kier molecular flexibility index (Phi) is 3.01. The molecule has 0 radical (unpaired) electrons. The summed E-state index contributed by atoms with van der Waals surface area (Å²) in [5, 5.41) is 1.20. The van der Waals surface area contributed by atoms with Crippen LogP contribution in [-0.2, 0) is 6.54 Å². The van der Waals surface area contributed by atoms with Crippen LogP contribution in [0.5, 0.6) is 0 Å². The van der Waals surface area contributed by atoms with Gasteiger partial charge in [-0.2, -0.15) is 0 Å². The van der Waals surface area contributed by atoms with Gasteiger partial charge in [-0.25, -0.2) is 0 Å². The molecule has 2 nitrogen and oxygen atoms in total. The molecule has 0 spiro atoms. The molecule has 0 saturated carbocycles. The molecule has 0 amide bonds. The zero-order chi connectivity index (χ0) is 14.3. The molecule has 0 unspecified atom stereocenters. The standard InChI is InChI=1S/C18H20N2/c1-12-9-13(2)16(14(3)10-12)11-20-8-7-15-5-4-6-17(19)18(15)20/h4-10H,11,19H2,1-3H3. The molecule has 3 rings (SSSR count). The van der Waals surface area contributed by atoms with Gasteiger partial charge in [-0.15, -0.1) is 0 Å². The van der Waals surface area contributed by atoms with Gasteiger partial charge in [-0.3, -0.25) is 0 Å². The number of nitrogens with zero attached hydrogens (tertiary/aromatic N) is 1. The Labute approximate surface area is 119 Å². The van der Waals surface area contributed by atoms with Crippen molar-refractivity contribution in [2.75, 3.05) is 5.73 Å². The third kappa shape index (κ3) is 2.07. The van der Waals surface area contributed by atoms with Crippen molar-refractivity contribution in [2.45, 2.75) is 27.3 Å². The number of rotatable bonds is 2. The summed E-state index contributed by atoms with van der Waals surface area (Å²) in [6, 6.07) is 12.7. The predicted molar refractivity (Wildman–Crippen MR) is 86.1 cm³/mol. The zero-order valence-corrected chi connectivity index (χ0v) is 12.3. The highest BCUT2D eigenvalue weighted by molar-refractivity contribution is 5.90. The second kappa shape index (κ2) is 4.71. The van der Waals surface area contributed by atoms with Crippen LogP contribution < -0.4 is 5.73 Å². The van der Waals surface area contributed by atoms with Crippen molar-refractivity contribution < 1.29 is 0 Å². The van der Waals surface area contributed by atoms with E-state index in [0.717, 1.165) is 17.7 Å². The van der Waals surface area contributed by atoms with Gasteiger partial charge in [0.1, 0.15) is 0 Å². The topological polar surface area (TPSA) is 30.9 Å². The monoisotopic (exact) mass is 264 g/mol. The van der Waals surface area contributed by atoms with Crippen molar-refractivity contribution in [1.29, 1.82) is 0 Å². The van der Waals surface area contributed by atoms with Crippen LogP contribution in [0.15, 0.2) is 42.6 Å². The van der Waals surface area contributed by atoms with Crippen molar-refractivity contribution >= 4 is 16.6 Å². The average molecular weight is 264 g/mol. The van der Waals surface area contributed by atoms with E-state index in [1.807, 2.05) is 12.1 Å². The van der Waals surface area contributed by atoms with E-state index in [-0.39, 0.29) is 0 Å². The summed E-state index contributed by atoms with van der Waals surface area (Å²) in [6.45, 7) is 7.39. The first-order valence-corrected chi connectivity index (χ1v) is 6.96. The lowest BCUT2D eigenvalue weighted by Gasteiger charge is -2.14. The lowest BCUT2D eigenvalue weighted by Crippen LogP contribution is -2.04. The van der Waals surface area contributed by atoms with Gasteiger partial charge >= 0.3 is 0 Å². The van der Waals surface area contributed by atoms with Gasteiger partial charge in [0.05, 0.1) is 11.2 Å². The summed E-state index contributed by atoms with van der Waals surface area (Å²) in [7, 11) is 0. The normalized spacial score (nSPS) is 11.2. The van der Waals surface area contributed by atoms with Crippen LogP contribution >= 0.6 is 0 Å². The SMILES string of the molecule is Cc1cc(C)c(Cn2ccc3cccc(N)c32)c(C)c1. The predicted octanol–water partition coefficient (Wildman–Crippen LogP) is 4.20. The number of aryl methyl sites for hydroxylation is 3. The highest BCUT2D eigenvalue weighted by Crippen LogP contribution is 2.25. The van der Waals surface area contributed by atoms with Crippen molar-refractivity contribution in [2.24, 2.45) is 0 Å². The summed E-state index contributed by atoms with van der Waals surface area (Å²) >= 11 is 0. The minimum Gasteiger partial charge on any atom is -0.397 e. The van der Waals surface area contributed by atoms with Crippen LogP contribution in [0.25, 0.3) is 10.9 Å². The van der Waals surface area contributed by atoms with E-state index < -0.39 is 0 Å². The molecule has 0 saturated heterocycles. The van der Waals surface area contributed by atoms with Gasteiger partial charge in [-0.05, 0) is 49.6 Å². The van der Waals surface area contributed by atoms with Crippen LogP contribution in [0.2, 0.25) is 0 Å². The first-order chi connectivity index (χ1) is 9.56. The fourth-order valence-electron chi connectivity index (χ4n) is 3.05. The summed E-state index contributed by atoms with van der Waals surface area (Å²) in [5.41, 5.74) is 13.5. The largest absolute Gasteiger partial charge is 0.397 e. The van der Waals surface area contributed by atoms with Crippen LogP contribution in [0.1, 0.15) is 22.3 Å². The molecule has 2 heteroatoms. The van der Waals surface area contributed by atoms with Gasteiger partial charge in [-0.1, -0.05) is 29.8 Å². The van der Waals surface area contributed by atoms with Crippen molar-refractivity contribution in [1.82, 2.24) is 4.57 Å². The molecular weight excluding hydrogens is 244 g/mol. The van der Waals surface area contributed by atoms with E-state index in [0.29, 0.717) is 0 Å². The maximum atomic E-state index is 6.13. The first-order valence-electron chi connectivity index (χ1n) is 6.96. The minimum absolute atomic E-state index is 0.843. The summed E-state index contributed by atoms with van der Waals surface area (Å²) in [5.74, 6) is 0. The fraction of sp³-hybridized carbons (Fsp3) is 0.222. The molecular formula is C18H20N2. The summed E-state index contributed by atoms with van der Waals surface area (Å²) in [4.78, 5) is 0. The number of nitrogen functional groups attached to an aromatic ring is 1. The van der Waals surface area contributed by atoms with E-state index in [1.54, 1.807) is 0 Å². The Morgan fingerprint density at radius 3 is 2.40 bits per heavy atom. The maximum absolute atomic E-state index is 6.13. The Balaban J connectivity index is 2.11. The number of aromatic nitrogens is 1. The quantitative estimate of drug-likeness (QED) is 0.691. The number of fused-ring (bicyclic) bond motifs is 1. The molecule has 0 aliphatic rings. The molecule has 0 bridgehead atoms. The van der Waals surface area contributed by atoms with Gasteiger partial charge in [0.2, 0.25) is 0 Å². The molecule has 0 aliphatic heterocycles. The highest BCUT2D eigenvalue weighted by atomic mass is 15.0. The van der Waals surface area contributed by atoms with Crippen molar-refractivity contribution in [3.63, 3.8) is 0 Å². The maximum Gasteiger partial charge on any atom is 0.0716 e. The minimum atomic E-state index is 0.843. The zero-order valence-electron chi connectivity index (χ0n) is 12.3. The third-order valence-corrected chi connectivity index (χ3v) is 3.99. The second-order valence-corrected chi connectivity index (χ2v) is 5.61. The molecule has 2 aromatic carbocycles. The Bertz CT molecular complexity index is 758. The number of nitrogens with two attached hydrogens (primary N) is 1. The van der Waals surface area contributed by atoms with Crippen LogP contribution in [-0.4, -0.2) is 4.57 Å². The molecule has 3 aromatic rings. The van der Waals surface area contributed by atoms with Gasteiger partial charge in [0.15, 0.2) is 0 Å². The Morgan fingerprint density at radius 1 is 1.00 bits per heavy atom. The number of benzene rings is 2. The van der Waals surface area contributed by atoms with Crippen molar-refractivity contribution in [3.05, 3.63) is 64.8 Å². The number of anilines is 1. The third-order valence-electron chi connectivity index (χ3n) is 3.99. The second-order valence-electron chi connectivity index (χ2n) is 5.61. The molecule has 0 fully saturated rings. The summed E-state index contributed by atoms with van der Waals surface area (Å²) < 4.78 is 2.25. The average Bonchev–Trinajstić information content (AvgIpc) is 2.78. The lowest BCUT2D eigenvalue weighted by atomic mass is 10.00. The molecule has 1 aromatic heterocycles. The van der Waals surface area contributed by atoms with Gasteiger partial charge in [0, 0.05) is 18.1 Å². The molecule has 0 aliphatic carbocycles. The molecule has 1 heterocycles. The number of hydrogen-bond donors (Lipinski definition) is 1. The van der Waals surface area contributed by atoms with E-state index in [4.69, 9.17) is 5.73 Å². The van der Waals surface area contributed by atoms with Gasteiger partial charge < -0.3 is 10.3 Å². The smallest absolute Gasteiger partial charge is 0.0716 e. The Hall–Kier alpha value is -2.22. The van der Waals surface area contributed by atoms with Gasteiger partial charge in [0.25, 0.3) is 0 Å². The fourth-order valence-corrected chi connectivity index (χ4v) is 3.05. The van der Waals surface area contributed by atoms with E-state index in [2.05, 4.69) is 55.8 Å². The van der Waals surface area contributed by atoms with Crippen LogP contribution in [0.3, 0.4) is 0 Å². The molecule has 102 valence electrons. The molecule has 2 N–H and O–H groups in total. The lowest BCUT2D eigenvalue weighted by molar-refractivity contribution is 0.824.